The summed E-state index contributed by atoms with van der Waals surface area (Å²) in [4.78, 5) is 4.40. The number of sulfonamides is 1. The van der Waals surface area contributed by atoms with Crippen molar-refractivity contribution in [2.45, 2.75) is 45.3 Å². The third kappa shape index (κ3) is 9.53. The van der Waals surface area contributed by atoms with Crippen LogP contribution < -0.4 is 15.4 Å². The Balaban J connectivity index is 0.00000392. The molecule has 9 heteroatoms. The van der Waals surface area contributed by atoms with E-state index in [1.54, 1.807) is 0 Å². The maximum absolute atomic E-state index is 12.2. The number of nitrogens with zero attached hydrogens (tertiary/aromatic N) is 1. The van der Waals surface area contributed by atoms with Gasteiger partial charge in [0.05, 0.1) is 24.4 Å². The standard InChI is InChI=1S/C19H32N4O3S.HI/c1-3-20-19(23-16(2)17-9-5-4-6-10-17)21-12-14-27(24,25)22-15-18-11-7-8-13-26-18;/h4-6,9-10,16,18,22H,3,7-8,11-15H2,1-2H3,(H2,20,21,23);1H. The van der Waals surface area contributed by atoms with Crippen molar-refractivity contribution in [1.82, 2.24) is 15.4 Å². The van der Waals surface area contributed by atoms with Crippen LogP contribution in [0.15, 0.2) is 35.3 Å². The summed E-state index contributed by atoms with van der Waals surface area (Å²) < 4.78 is 32.6. The van der Waals surface area contributed by atoms with Crippen LogP contribution in [-0.4, -0.2) is 52.5 Å². The van der Waals surface area contributed by atoms with Crippen molar-refractivity contribution in [3.8, 4) is 0 Å². The largest absolute Gasteiger partial charge is 0.377 e. The number of guanidine groups is 1. The monoisotopic (exact) mass is 524 g/mol. The van der Waals surface area contributed by atoms with Gasteiger partial charge in [0.25, 0.3) is 0 Å². The highest BCUT2D eigenvalue weighted by atomic mass is 127. The molecule has 2 atom stereocenters. The molecule has 0 saturated carbocycles. The molecule has 1 aliphatic heterocycles. The molecule has 0 aliphatic carbocycles. The second-order valence-electron chi connectivity index (χ2n) is 6.69. The predicted octanol–water partition coefficient (Wildman–Crippen LogP) is 2.41. The number of aliphatic imine (C=N–C) groups is 1. The molecule has 0 amide bonds. The van der Waals surface area contributed by atoms with Gasteiger partial charge in [-0.1, -0.05) is 30.3 Å². The molecule has 0 aromatic heterocycles. The van der Waals surface area contributed by atoms with Crippen LogP contribution in [-0.2, 0) is 14.8 Å². The van der Waals surface area contributed by atoms with Crippen molar-refractivity contribution in [3.05, 3.63) is 35.9 Å². The van der Waals surface area contributed by atoms with Crippen molar-refractivity contribution in [1.29, 1.82) is 0 Å². The van der Waals surface area contributed by atoms with Crippen LogP contribution in [0.5, 0.6) is 0 Å². The Morgan fingerprint density at radius 2 is 2.04 bits per heavy atom. The minimum atomic E-state index is -3.36. The zero-order valence-corrected chi connectivity index (χ0v) is 19.8. The van der Waals surface area contributed by atoms with E-state index < -0.39 is 10.0 Å². The summed E-state index contributed by atoms with van der Waals surface area (Å²) in [6.45, 7) is 5.98. The summed E-state index contributed by atoms with van der Waals surface area (Å²) in [6, 6.07) is 10.1. The van der Waals surface area contributed by atoms with Gasteiger partial charge < -0.3 is 15.4 Å². The van der Waals surface area contributed by atoms with Gasteiger partial charge in [-0.3, -0.25) is 4.99 Å². The smallest absolute Gasteiger partial charge is 0.213 e. The van der Waals surface area contributed by atoms with Gasteiger partial charge in [0.15, 0.2) is 5.96 Å². The first-order chi connectivity index (χ1) is 13.0. The third-order valence-electron chi connectivity index (χ3n) is 4.43. The molecule has 1 heterocycles. The summed E-state index contributed by atoms with van der Waals surface area (Å²) in [5.41, 5.74) is 1.14. The minimum absolute atomic E-state index is 0. The molecule has 1 aliphatic rings. The number of benzene rings is 1. The maximum Gasteiger partial charge on any atom is 0.213 e. The number of halogens is 1. The Kier molecular flexibility index (Phi) is 12.0. The molecule has 7 nitrogen and oxygen atoms in total. The number of nitrogens with one attached hydrogen (secondary N) is 3. The van der Waals surface area contributed by atoms with Gasteiger partial charge in [0.1, 0.15) is 0 Å². The molecular weight excluding hydrogens is 491 g/mol. The third-order valence-corrected chi connectivity index (χ3v) is 5.76. The second-order valence-corrected chi connectivity index (χ2v) is 8.62. The Hall–Kier alpha value is -0.910. The molecule has 0 radical (unpaired) electrons. The molecule has 160 valence electrons. The Morgan fingerprint density at radius 1 is 1.29 bits per heavy atom. The van der Waals surface area contributed by atoms with Gasteiger partial charge in [0.2, 0.25) is 10.0 Å². The molecule has 3 N–H and O–H groups in total. The summed E-state index contributed by atoms with van der Waals surface area (Å²) in [5.74, 6) is 0.565. The number of ether oxygens (including phenoxy) is 1. The van der Waals surface area contributed by atoms with Crippen molar-refractivity contribution >= 4 is 40.0 Å². The molecule has 1 fully saturated rings. The van der Waals surface area contributed by atoms with Gasteiger partial charge in [-0.15, -0.1) is 24.0 Å². The molecule has 0 spiro atoms. The second kappa shape index (κ2) is 13.3. The van der Waals surface area contributed by atoms with Crippen LogP contribution in [0.4, 0.5) is 0 Å². The van der Waals surface area contributed by atoms with E-state index in [0.29, 0.717) is 25.7 Å². The Bertz CT molecular complexity index is 680. The van der Waals surface area contributed by atoms with Crippen molar-refractivity contribution < 1.29 is 13.2 Å². The molecule has 2 rings (SSSR count). The van der Waals surface area contributed by atoms with Gasteiger partial charge >= 0.3 is 0 Å². The Morgan fingerprint density at radius 3 is 2.68 bits per heavy atom. The van der Waals surface area contributed by atoms with E-state index >= 15 is 0 Å². The van der Waals surface area contributed by atoms with Crippen molar-refractivity contribution in [3.63, 3.8) is 0 Å². The van der Waals surface area contributed by atoms with E-state index in [4.69, 9.17) is 4.74 Å². The van der Waals surface area contributed by atoms with Gasteiger partial charge in [-0.05, 0) is 38.7 Å². The molecular formula is C19H33IN4O3S. The summed E-state index contributed by atoms with van der Waals surface area (Å²) in [5, 5.41) is 6.46. The van der Waals surface area contributed by atoms with E-state index in [1.165, 1.54) is 0 Å². The highest BCUT2D eigenvalue weighted by Crippen LogP contribution is 2.12. The van der Waals surface area contributed by atoms with E-state index in [-0.39, 0.29) is 48.4 Å². The van der Waals surface area contributed by atoms with Crippen molar-refractivity contribution in [2.24, 2.45) is 4.99 Å². The lowest BCUT2D eigenvalue weighted by Crippen LogP contribution is -2.40. The highest BCUT2D eigenvalue weighted by molar-refractivity contribution is 14.0. The number of hydrogen-bond acceptors (Lipinski definition) is 4. The normalized spacial score (nSPS) is 18.8. The molecule has 1 aromatic rings. The van der Waals surface area contributed by atoms with E-state index in [1.807, 2.05) is 44.2 Å². The van der Waals surface area contributed by atoms with Gasteiger partial charge in [0, 0.05) is 19.7 Å². The zero-order valence-electron chi connectivity index (χ0n) is 16.7. The quantitative estimate of drug-likeness (QED) is 0.262. The fraction of sp³-hybridized carbons (Fsp3) is 0.632. The lowest BCUT2D eigenvalue weighted by molar-refractivity contribution is 0.0200. The SMILES string of the molecule is CCNC(=NCCS(=O)(=O)NCC1CCCCO1)NC(C)c1ccccc1.I. The fourth-order valence-corrected chi connectivity index (χ4v) is 3.80. The molecule has 28 heavy (non-hydrogen) atoms. The van der Waals surface area contributed by atoms with Crippen molar-refractivity contribution in [2.75, 3.05) is 32.0 Å². The lowest BCUT2D eigenvalue weighted by Gasteiger charge is -2.22. The van der Waals surface area contributed by atoms with Crippen LogP contribution in [0.3, 0.4) is 0 Å². The van der Waals surface area contributed by atoms with Crippen LogP contribution in [0, 0.1) is 0 Å². The fourth-order valence-electron chi connectivity index (χ4n) is 2.89. The van der Waals surface area contributed by atoms with Crippen LogP contribution >= 0.6 is 24.0 Å². The summed E-state index contributed by atoms with van der Waals surface area (Å²) >= 11 is 0. The average molecular weight is 524 g/mol. The lowest BCUT2D eigenvalue weighted by atomic mass is 10.1. The minimum Gasteiger partial charge on any atom is -0.377 e. The molecule has 0 bridgehead atoms. The topological polar surface area (TPSA) is 91.8 Å². The summed E-state index contributed by atoms with van der Waals surface area (Å²) in [7, 11) is -3.36. The first-order valence-electron chi connectivity index (χ1n) is 9.69. The summed E-state index contributed by atoms with van der Waals surface area (Å²) in [6.07, 6.45) is 3.04. The molecule has 1 saturated heterocycles. The average Bonchev–Trinajstić information content (AvgIpc) is 2.68. The van der Waals surface area contributed by atoms with E-state index in [9.17, 15) is 8.42 Å². The zero-order chi connectivity index (χ0) is 19.5. The van der Waals surface area contributed by atoms with E-state index in [2.05, 4.69) is 20.3 Å². The first-order valence-corrected chi connectivity index (χ1v) is 11.3. The number of rotatable bonds is 9. The van der Waals surface area contributed by atoms with Crippen LogP contribution in [0.25, 0.3) is 0 Å². The predicted molar refractivity (Wildman–Crippen MR) is 125 cm³/mol. The van der Waals surface area contributed by atoms with Crippen LogP contribution in [0.2, 0.25) is 0 Å². The number of hydrogen-bond donors (Lipinski definition) is 3. The van der Waals surface area contributed by atoms with Crippen LogP contribution in [0.1, 0.15) is 44.7 Å². The maximum atomic E-state index is 12.2. The first kappa shape index (κ1) is 25.1. The van der Waals surface area contributed by atoms with Gasteiger partial charge in [-0.25, -0.2) is 13.1 Å². The van der Waals surface area contributed by atoms with Gasteiger partial charge in [-0.2, -0.15) is 0 Å². The van der Waals surface area contributed by atoms with E-state index in [0.717, 1.165) is 24.8 Å². The molecule has 2 unspecified atom stereocenters. The molecule has 1 aromatic carbocycles. The Labute approximate surface area is 186 Å². The highest BCUT2D eigenvalue weighted by Gasteiger charge is 2.17.